The molecular formula is C15H14FNO3S. The Labute approximate surface area is 122 Å². The second kappa shape index (κ2) is 5.65. The molecule has 4 nitrogen and oxygen atoms in total. The molecule has 1 N–H and O–H groups in total. The lowest BCUT2D eigenvalue weighted by atomic mass is 10.2. The molecule has 0 bridgehead atoms. The lowest BCUT2D eigenvalue weighted by Gasteiger charge is -2.09. The molecular weight excluding hydrogens is 293 g/mol. The fourth-order valence-electron chi connectivity index (χ4n) is 1.78. The fourth-order valence-corrected chi connectivity index (χ4v) is 2.84. The molecule has 110 valence electrons. The van der Waals surface area contributed by atoms with E-state index in [1.165, 1.54) is 43.3 Å². The molecule has 0 amide bonds. The maximum Gasteiger partial charge on any atom is 0.261 e. The predicted octanol–water partition coefficient (Wildman–Crippen LogP) is 3.14. The summed E-state index contributed by atoms with van der Waals surface area (Å²) in [5.74, 6) is -0.796. The zero-order valence-corrected chi connectivity index (χ0v) is 12.4. The van der Waals surface area contributed by atoms with E-state index in [-0.39, 0.29) is 16.4 Å². The van der Waals surface area contributed by atoms with E-state index >= 15 is 0 Å². The molecule has 2 aromatic rings. The normalized spacial score (nSPS) is 11.2. The van der Waals surface area contributed by atoms with E-state index in [0.29, 0.717) is 11.1 Å². The number of nitrogens with one attached hydrogen (secondary N) is 1. The number of aryl methyl sites for hydroxylation is 1. The van der Waals surface area contributed by atoms with Gasteiger partial charge in [-0.2, -0.15) is 0 Å². The lowest BCUT2D eigenvalue weighted by Crippen LogP contribution is -2.14. The first-order valence-corrected chi connectivity index (χ1v) is 7.68. The van der Waals surface area contributed by atoms with Gasteiger partial charge in [0.1, 0.15) is 5.82 Å². The van der Waals surface area contributed by atoms with Gasteiger partial charge < -0.3 is 0 Å². The summed E-state index contributed by atoms with van der Waals surface area (Å²) < 4.78 is 40.2. The van der Waals surface area contributed by atoms with Crippen LogP contribution in [0.4, 0.5) is 10.1 Å². The average molecular weight is 307 g/mol. The first-order valence-electron chi connectivity index (χ1n) is 6.19. The Hall–Kier alpha value is -2.21. The van der Waals surface area contributed by atoms with Crippen LogP contribution in [0.2, 0.25) is 0 Å². The number of benzene rings is 2. The first kappa shape index (κ1) is 15.2. The molecule has 0 aromatic heterocycles. The molecule has 0 spiro atoms. The maximum absolute atomic E-state index is 13.7. The summed E-state index contributed by atoms with van der Waals surface area (Å²) in [4.78, 5) is 11.1. The Morgan fingerprint density at radius 3 is 2.24 bits per heavy atom. The molecule has 0 aliphatic heterocycles. The van der Waals surface area contributed by atoms with E-state index in [1.54, 1.807) is 13.0 Å². The molecule has 0 unspecified atom stereocenters. The molecule has 0 fully saturated rings. The van der Waals surface area contributed by atoms with Gasteiger partial charge in [-0.1, -0.05) is 18.2 Å². The summed E-state index contributed by atoms with van der Waals surface area (Å²) in [6.07, 6.45) is 0. The standard InChI is InChI=1S/C15H14FNO3S/c1-10-3-8-15(14(16)9-10)17-21(19,20)13-6-4-12(5-7-13)11(2)18/h3-9,17H,1-2H3. The zero-order valence-electron chi connectivity index (χ0n) is 11.6. The molecule has 0 saturated heterocycles. The Balaban J connectivity index is 2.31. The number of hydrogen-bond donors (Lipinski definition) is 1. The number of Topliss-reactive ketones (excluding diaryl/α,β-unsaturated/α-hetero) is 1. The number of rotatable bonds is 4. The van der Waals surface area contributed by atoms with E-state index in [1.807, 2.05) is 0 Å². The molecule has 0 saturated carbocycles. The molecule has 0 radical (unpaired) electrons. The summed E-state index contributed by atoms with van der Waals surface area (Å²) in [7, 11) is -3.89. The van der Waals surface area contributed by atoms with Gasteiger partial charge in [-0.3, -0.25) is 9.52 Å². The van der Waals surface area contributed by atoms with E-state index in [0.717, 1.165) is 0 Å². The van der Waals surface area contributed by atoms with Gasteiger partial charge in [-0.15, -0.1) is 0 Å². The SMILES string of the molecule is CC(=O)c1ccc(S(=O)(=O)Nc2ccc(C)cc2F)cc1. The molecule has 2 rings (SSSR count). The lowest BCUT2D eigenvalue weighted by molar-refractivity contribution is 0.101. The van der Waals surface area contributed by atoms with Crippen LogP contribution in [0.25, 0.3) is 0 Å². The second-order valence-corrected chi connectivity index (χ2v) is 6.35. The highest BCUT2D eigenvalue weighted by Gasteiger charge is 2.16. The molecule has 21 heavy (non-hydrogen) atoms. The van der Waals surface area contributed by atoms with Gasteiger partial charge in [0.25, 0.3) is 10.0 Å². The largest absolute Gasteiger partial charge is 0.295 e. The summed E-state index contributed by atoms with van der Waals surface area (Å²) in [6, 6.07) is 9.68. The van der Waals surface area contributed by atoms with E-state index in [2.05, 4.69) is 4.72 Å². The van der Waals surface area contributed by atoms with Gasteiger partial charge in [0.05, 0.1) is 10.6 Å². The van der Waals surface area contributed by atoms with Gasteiger partial charge in [-0.05, 0) is 43.7 Å². The molecule has 6 heteroatoms. The number of carbonyl (C=O) groups excluding carboxylic acids is 1. The average Bonchev–Trinajstić information content (AvgIpc) is 2.42. The number of sulfonamides is 1. The van der Waals surface area contributed by atoms with Crippen molar-refractivity contribution in [1.29, 1.82) is 0 Å². The summed E-state index contributed by atoms with van der Waals surface area (Å²) in [6.45, 7) is 3.10. The van der Waals surface area contributed by atoms with Crippen molar-refractivity contribution in [3.63, 3.8) is 0 Å². The van der Waals surface area contributed by atoms with Crippen LogP contribution in [0.1, 0.15) is 22.8 Å². The van der Waals surface area contributed by atoms with Crippen LogP contribution in [-0.2, 0) is 10.0 Å². The predicted molar refractivity (Wildman–Crippen MR) is 78.4 cm³/mol. The van der Waals surface area contributed by atoms with Crippen LogP contribution in [0.3, 0.4) is 0 Å². The highest BCUT2D eigenvalue weighted by Crippen LogP contribution is 2.20. The molecule has 2 aromatic carbocycles. The third-order valence-corrected chi connectivity index (χ3v) is 4.32. The van der Waals surface area contributed by atoms with Gasteiger partial charge in [0, 0.05) is 5.56 Å². The van der Waals surface area contributed by atoms with E-state index < -0.39 is 15.8 Å². The van der Waals surface area contributed by atoms with Crippen molar-refractivity contribution in [2.75, 3.05) is 4.72 Å². The summed E-state index contributed by atoms with van der Waals surface area (Å²) in [5.41, 5.74) is 0.993. The number of halogens is 1. The minimum Gasteiger partial charge on any atom is -0.295 e. The third-order valence-electron chi connectivity index (χ3n) is 2.94. The molecule has 0 aliphatic rings. The number of hydrogen-bond acceptors (Lipinski definition) is 3. The summed E-state index contributed by atoms with van der Waals surface area (Å²) in [5, 5.41) is 0. The third kappa shape index (κ3) is 3.46. The Morgan fingerprint density at radius 1 is 1.10 bits per heavy atom. The fraction of sp³-hybridized carbons (Fsp3) is 0.133. The van der Waals surface area contributed by atoms with Gasteiger partial charge in [0.15, 0.2) is 5.78 Å². The summed E-state index contributed by atoms with van der Waals surface area (Å²) >= 11 is 0. The molecule has 0 atom stereocenters. The van der Waals surface area contributed by atoms with Crippen molar-refractivity contribution in [2.45, 2.75) is 18.7 Å². The zero-order chi connectivity index (χ0) is 15.6. The van der Waals surface area contributed by atoms with Crippen molar-refractivity contribution in [1.82, 2.24) is 0 Å². The number of carbonyl (C=O) groups is 1. The van der Waals surface area contributed by atoms with Crippen molar-refractivity contribution >= 4 is 21.5 Å². The van der Waals surface area contributed by atoms with Crippen molar-refractivity contribution in [3.8, 4) is 0 Å². The number of anilines is 1. The van der Waals surface area contributed by atoms with Crippen molar-refractivity contribution in [3.05, 3.63) is 59.4 Å². The smallest absolute Gasteiger partial charge is 0.261 e. The van der Waals surface area contributed by atoms with Crippen LogP contribution in [-0.4, -0.2) is 14.2 Å². The molecule has 0 aliphatic carbocycles. The molecule has 0 heterocycles. The minimum atomic E-state index is -3.89. The van der Waals surface area contributed by atoms with Gasteiger partial charge in [0.2, 0.25) is 0 Å². The number of ketones is 1. The van der Waals surface area contributed by atoms with E-state index in [4.69, 9.17) is 0 Å². The monoisotopic (exact) mass is 307 g/mol. The van der Waals surface area contributed by atoms with Crippen LogP contribution < -0.4 is 4.72 Å². The minimum absolute atomic E-state index is 0.0347. The maximum atomic E-state index is 13.7. The van der Waals surface area contributed by atoms with Crippen molar-refractivity contribution in [2.24, 2.45) is 0 Å². The van der Waals surface area contributed by atoms with Gasteiger partial charge >= 0.3 is 0 Å². The Bertz CT molecular complexity index is 783. The first-order chi connectivity index (χ1) is 9.79. The topological polar surface area (TPSA) is 63.2 Å². The van der Waals surface area contributed by atoms with Gasteiger partial charge in [-0.25, -0.2) is 12.8 Å². The van der Waals surface area contributed by atoms with Crippen LogP contribution >= 0.6 is 0 Å². The van der Waals surface area contributed by atoms with Crippen LogP contribution in [0.5, 0.6) is 0 Å². The Kier molecular flexibility index (Phi) is 4.09. The quantitative estimate of drug-likeness (QED) is 0.883. The van der Waals surface area contributed by atoms with Crippen LogP contribution in [0.15, 0.2) is 47.4 Å². The second-order valence-electron chi connectivity index (χ2n) is 4.67. The highest BCUT2D eigenvalue weighted by atomic mass is 32.2. The Morgan fingerprint density at radius 2 is 1.71 bits per heavy atom. The van der Waals surface area contributed by atoms with E-state index in [9.17, 15) is 17.6 Å². The van der Waals surface area contributed by atoms with Crippen LogP contribution in [0, 0.1) is 12.7 Å². The van der Waals surface area contributed by atoms with Crippen molar-refractivity contribution < 1.29 is 17.6 Å². The highest BCUT2D eigenvalue weighted by molar-refractivity contribution is 7.92.